The molecule has 24 heavy (non-hydrogen) atoms. The van der Waals surface area contributed by atoms with E-state index in [-0.39, 0.29) is 11.7 Å². The van der Waals surface area contributed by atoms with Gasteiger partial charge < -0.3 is 10.3 Å². The van der Waals surface area contributed by atoms with Crippen LogP contribution in [0.4, 0.5) is 5.82 Å². The maximum atomic E-state index is 12.5. The number of nitrogens with one attached hydrogen (secondary N) is 2. The Morgan fingerprint density at radius 1 is 1.29 bits per heavy atom. The third kappa shape index (κ3) is 2.46. The summed E-state index contributed by atoms with van der Waals surface area (Å²) in [4.78, 5) is 36.3. The molecule has 120 valence electrons. The average molecular weight is 320 g/mol. The van der Waals surface area contributed by atoms with Crippen LogP contribution in [0.5, 0.6) is 0 Å². The molecule has 3 aromatic rings. The first-order valence-electron chi connectivity index (χ1n) is 7.90. The number of hydrogen-bond donors (Lipinski definition) is 2. The van der Waals surface area contributed by atoms with Crippen molar-refractivity contribution >= 4 is 28.5 Å². The van der Waals surface area contributed by atoms with Crippen LogP contribution in [0.3, 0.4) is 0 Å². The number of aromatic amines is 1. The molecule has 0 atom stereocenters. The molecule has 0 aliphatic heterocycles. The van der Waals surface area contributed by atoms with Crippen LogP contribution in [0.2, 0.25) is 0 Å². The van der Waals surface area contributed by atoms with E-state index in [1.54, 1.807) is 18.5 Å². The van der Waals surface area contributed by atoms with Gasteiger partial charge in [-0.25, -0.2) is 9.97 Å². The van der Waals surface area contributed by atoms with E-state index in [0.29, 0.717) is 29.0 Å². The number of fused-ring (bicyclic) bond motifs is 2. The number of carbonyl (C=O) groups is 2. The van der Waals surface area contributed by atoms with Crippen molar-refractivity contribution in [2.75, 3.05) is 5.32 Å². The molecule has 6 nitrogen and oxygen atoms in total. The number of nitrogens with zero attached hydrogens (tertiary/aromatic N) is 2. The van der Waals surface area contributed by atoms with Crippen LogP contribution in [0.15, 0.2) is 30.6 Å². The van der Waals surface area contributed by atoms with Crippen molar-refractivity contribution < 1.29 is 9.59 Å². The second-order valence-electron chi connectivity index (χ2n) is 6.04. The monoisotopic (exact) mass is 320 g/mol. The molecule has 6 heteroatoms. The Hall–Kier alpha value is -3.02. The smallest absolute Gasteiger partial charge is 0.259 e. The summed E-state index contributed by atoms with van der Waals surface area (Å²) in [6, 6.07) is 5.60. The van der Waals surface area contributed by atoms with Gasteiger partial charge in [-0.15, -0.1) is 0 Å². The summed E-state index contributed by atoms with van der Waals surface area (Å²) >= 11 is 0. The molecule has 0 bridgehead atoms. The van der Waals surface area contributed by atoms with Crippen molar-refractivity contribution in [2.24, 2.45) is 0 Å². The highest BCUT2D eigenvalue weighted by atomic mass is 16.2. The summed E-state index contributed by atoms with van der Waals surface area (Å²) in [5.41, 5.74) is 3.38. The fraction of sp³-hybridized carbons (Fsp3) is 0.222. The number of Topliss-reactive ketones (excluding diaryl/α,β-unsaturated/α-hetero) is 1. The lowest BCUT2D eigenvalue weighted by molar-refractivity contribution is 0.0956. The van der Waals surface area contributed by atoms with Crippen molar-refractivity contribution in [2.45, 2.75) is 26.2 Å². The van der Waals surface area contributed by atoms with Gasteiger partial charge in [-0.2, -0.15) is 0 Å². The number of ketones is 1. The maximum Gasteiger partial charge on any atom is 0.259 e. The number of H-pyrrole nitrogens is 1. The normalized spacial score (nSPS) is 13.8. The molecular weight excluding hydrogens is 304 g/mol. The first kappa shape index (κ1) is 14.6. The van der Waals surface area contributed by atoms with Gasteiger partial charge in [-0.05, 0) is 43.5 Å². The number of hydrogen-bond acceptors (Lipinski definition) is 4. The molecule has 1 amide bonds. The van der Waals surface area contributed by atoms with Crippen LogP contribution >= 0.6 is 0 Å². The molecule has 0 spiro atoms. The van der Waals surface area contributed by atoms with Gasteiger partial charge in [0, 0.05) is 29.9 Å². The van der Waals surface area contributed by atoms with Gasteiger partial charge in [0.2, 0.25) is 0 Å². The molecular formula is C18H16N4O2. The summed E-state index contributed by atoms with van der Waals surface area (Å²) in [6.45, 7) is 1.97. The third-order valence-electron chi connectivity index (χ3n) is 4.24. The number of aromatic nitrogens is 3. The molecule has 0 fully saturated rings. The van der Waals surface area contributed by atoms with E-state index in [0.717, 1.165) is 29.5 Å². The summed E-state index contributed by atoms with van der Waals surface area (Å²) < 4.78 is 0. The predicted octanol–water partition coefficient (Wildman–Crippen LogP) is 3.04. The lowest BCUT2D eigenvalue weighted by Crippen LogP contribution is -2.18. The number of carbonyl (C=O) groups excluding carboxylic acids is 2. The van der Waals surface area contributed by atoms with Gasteiger partial charge in [-0.3, -0.25) is 9.59 Å². The van der Waals surface area contributed by atoms with E-state index < -0.39 is 0 Å². The topological polar surface area (TPSA) is 87.7 Å². The van der Waals surface area contributed by atoms with Gasteiger partial charge in [0.25, 0.3) is 5.91 Å². The molecule has 4 rings (SSSR count). The largest absolute Gasteiger partial charge is 0.364 e. The summed E-state index contributed by atoms with van der Waals surface area (Å²) in [5, 5.41) is 3.68. The molecule has 0 aromatic carbocycles. The van der Waals surface area contributed by atoms with Crippen LogP contribution < -0.4 is 5.32 Å². The molecule has 1 aliphatic carbocycles. The van der Waals surface area contributed by atoms with Crippen molar-refractivity contribution in [1.29, 1.82) is 0 Å². The molecule has 0 unspecified atom stereocenters. The van der Waals surface area contributed by atoms with Crippen LogP contribution in [0.1, 0.15) is 44.8 Å². The zero-order valence-corrected chi connectivity index (χ0v) is 13.2. The fourth-order valence-corrected chi connectivity index (χ4v) is 3.09. The Morgan fingerprint density at radius 3 is 3.04 bits per heavy atom. The van der Waals surface area contributed by atoms with Crippen molar-refractivity contribution in [1.82, 2.24) is 15.0 Å². The zero-order valence-electron chi connectivity index (χ0n) is 13.2. The van der Waals surface area contributed by atoms with E-state index in [4.69, 9.17) is 0 Å². The first-order valence-corrected chi connectivity index (χ1v) is 7.90. The Kier molecular flexibility index (Phi) is 3.37. The minimum Gasteiger partial charge on any atom is -0.364 e. The lowest BCUT2D eigenvalue weighted by Gasteiger charge is -2.11. The minimum atomic E-state index is -0.332. The summed E-state index contributed by atoms with van der Waals surface area (Å²) in [6.07, 6.45) is 5.45. The first-order chi connectivity index (χ1) is 11.6. The third-order valence-corrected chi connectivity index (χ3v) is 4.24. The SMILES string of the molecule is Cc1cnc2nc(NC(=O)c3c[nH]c4c3C(=O)CCC4)ccc2c1. The number of pyridine rings is 2. The number of amides is 1. The van der Waals surface area contributed by atoms with E-state index in [1.165, 1.54) is 0 Å². The quantitative estimate of drug-likeness (QED) is 0.759. The predicted molar refractivity (Wildman–Crippen MR) is 90.3 cm³/mol. The van der Waals surface area contributed by atoms with E-state index >= 15 is 0 Å². The highest BCUT2D eigenvalue weighted by Crippen LogP contribution is 2.24. The minimum absolute atomic E-state index is 0.0197. The highest BCUT2D eigenvalue weighted by Gasteiger charge is 2.26. The number of anilines is 1. The van der Waals surface area contributed by atoms with Gasteiger partial charge >= 0.3 is 0 Å². The van der Waals surface area contributed by atoms with Crippen molar-refractivity contribution in [3.63, 3.8) is 0 Å². The van der Waals surface area contributed by atoms with Gasteiger partial charge in [0.15, 0.2) is 11.4 Å². The van der Waals surface area contributed by atoms with Crippen LogP contribution in [0.25, 0.3) is 11.0 Å². The second kappa shape index (κ2) is 5.56. The van der Waals surface area contributed by atoms with Gasteiger partial charge in [0.05, 0.1) is 11.1 Å². The molecule has 0 saturated heterocycles. The van der Waals surface area contributed by atoms with Crippen LogP contribution in [-0.4, -0.2) is 26.6 Å². The van der Waals surface area contributed by atoms with Gasteiger partial charge in [0.1, 0.15) is 5.82 Å². The molecule has 2 N–H and O–H groups in total. The Labute approximate surface area is 138 Å². The fourth-order valence-electron chi connectivity index (χ4n) is 3.09. The molecule has 0 radical (unpaired) electrons. The summed E-state index contributed by atoms with van der Waals surface area (Å²) in [7, 11) is 0. The highest BCUT2D eigenvalue weighted by molar-refractivity contribution is 6.13. The average Bonchev–Trinajstić information content (AvgIpc) is 3.00. The zero-order chi connectivity index (χ0) is 16.7. The van der Waals surface area contributed by atoms with Crippen LogP contribution in [-0.2, 0) is 6.42 Å². The second-order valence-corrected chi connectivity index (χ2v) is 6.04. The van der Waals surface area contributed by atoms with Crippen molar-refractivity contribution in [3.05, 3.63) is 53.0 Å². The standard InChI is InChI=1S/C18H16N4O2/c1-10-7-11-5-6-15(21-17(11)20-8-10)22-18(24)12-9-19-13-3-2-4-14(23)16(12)13/h5-9,19H,2-4H2,1H3,(H,20,21,22,24). The molecule has 3 heterocycles. The number of rotatable bonds is 2. The Morgan fingerprint density at radius 2 is 2.17 bits per heavy atom. The molecule has 0 saturated carbocycles. The van der Waals surface area contributed by atoms with Gasteiger partial charge in [-0.1, -0.05) is 0 Å². The maximum absolute atomic E-state index is 12.5. The van der Waals surface area contributed by atoms with E-state index in [9.17, 15) is 9.59 Å². The molecule has 1 aliphatic rings. The van der Waals surface area contributed by atoms with E-state index in [1.807, 2.05) is 19.1 Å². The lowest BCUT2D eigenvalue weighted by atomic mass is 9.93. The van der Waals surface area contributed by atoms with E-state index in [2.05, 4.69) is 20.3 Å². The number of aryl methyl sites for hydroxylation is 2. The molecule has 3 aromatic heterocycles. The summed E-state index contributed by atoms with van der Waals surface area (Å²) in [5.74, 6) is 0.107. The van der Waals surface area contributed by atoms with Crippen molar-refractivity contribution in [3.8, 4) is 0 Å². The Bertz CT molecular complexity index is 974. The Balaban J connectivity index is 1.64. The van der Waals surface area contributed by atoms with Crippen LogP contribution in [0, 0.1) is 6.92 Å².